The molecule has 0 saturated carbocycles. The van der Waals surface area contributed by atoms with E-state index in [9.17, 15) is 0 Å². The van der Waals surface area contributed by atoms with Crippen molar-refractivity contribution in [3.05, 3.63) is 12.3 Å². The second-order valence-electron chi connectivity index (χ2n) is 3.20. The van der Waals surface area contributed by atoms with Gasteiger partial charge < -0.3 is 5.32 Å². The molecule has 0 radical (unpaired) electrons. The first-order valence-corrected chi connectivity index (χ1v) is 5.55. The predicted octanol–water partition coefficient (Wildman–Crippen LogP) is 2.27. The normalized spacial score (nSPS) is 10.5. The van der Waals surface area contributed by atoms with E-state index in [-0.39, 0.29) is 0 Å². The summed E-state index contributed by atoms with van der Waals surface area (Å²) < 4.78 is 0. The standard InChI is InChI=1S/C9H15N3S/c1-7(2)6-11-9-10-5-4-8(12-9)13-3/h4-5,7H,6H2,1-3H3,(H,10,11,12). The van der Waals surface area contributed by atoms with Gasteiger partial charge in [-0.1, -0.05) is 13.8 Å². The average Bonchev–Trinajstić information content (AvgIpc) is 2.15. The van der Waals surface area contributed by atoms with E-state index in [2.05, 4.69) is 29.1 Å². The molecule has 0 aromatic carbocycles. The lowest BCUT2D eigenvalue weighted by Crippen LogP contribution is -2.10. The molecule has 0 bridgehead atoms. The summed E-state index contributed by atoms with van der Waals surface area (Å²) in [7, 11) is 0. The largest absolute Gasteiger partial charge is 0.354 e. The third kappa shape index (κ3) is 3.63. The van der Waals surface area contributed by atoms with Crippen molar-refractivity contribution in [3.8, 4) is 0 Å². The number of anilines is 1. The van der Waals surface area contributed by atoms with Gasteiger partial charge in [0.05, 0.1) is 0 Å². The summed E-state index contributed by atoms with van der Waals surface area (Å²) in [5.74, 6) is 1.34. The van der Waals surface area contributed by atoms with Gasteiger partial charge in [0, 0.05) is 12.7 Å². The Balaban J connectivity index is 2.56. The Morgan fingerprint density at radius 3 is 2.92 bits per heavy atom. The Kier molecular flexibility index (Phi) is 4.02. The van der Waals surface area contributed by atoms with E-state index >= 15 is 0 Å². The fourth-order valence-corrected chi connectivity index (χ4v) is 1.21. The van der Waals surface area contributed by atoms with Gasteiger partial charge in [0.15, 0.2) is 0 Å². The van der Waals surface area contributed by atoms with Crippen LogP contribution in [0.1, 0.15) is 13.8 Å². The molecule has 1 aromatic rings. The van der Waals surface area contributed by atoms with Crippen LogP contribution in [0.3, 0.4) is 0 Å². The molecule has 3 nitrogen and oxygen atoms in total. The Morgan fingerprint density at radius 1 is 1.54 bits per heavy atom. The van der Waals surface area contributed by atoms with E-state index in [0.29, 0.717) is 5.92 Å². The van der Waals surface area contributed by atoms with Crippen LogP contribution >= 0.6 is 11.8 Å². The Labute approximate surface area is 83.4 Å². The molecule has 0 aliphatic rings. The first-order valence-electron chi connectivity index (χ1n) is 4.33. The SMILES string of the molecule is CSc1ccnc(NCC(C)C)n1. The second-order valence-corrected chi connectivity index (χ2v) is 4.02. The maximum Gasteiger partial charge on any atom is 0.223 e. The van der Waals surface area contributed by atoms with E-state index in [4.69, 9.17) is 0 Å². The van der Waals surface area contributed by atoms with Gasteiger partial charge in [-0.25, -0.2) is 9.97 Å². The lowest BCUT2D eigenvalue weighted by molar-refractivity contribution is 0.683. The quantitative estimate of drug-likeness (QED) is 0.593. The van der Waals surface area contributed by atoms with Crippen LogP contribution in [0.5, 0.6) is 0 Å². The molecule has 1 heterocycles. The van der Waals surface area contributed by atoms with Gasteiger partial charge >= 0.3 is 0 Å². The van der Waals surface area contributed by atoms with E-state index in [1.54, 1.807) is 18.0 Å². The molecule has 13 heavy (non-hydrogen) atoms. The Morgan fingerprint density at radius 2 is 2.31 bits per heavy atom. The summed E-state index contributed by atoms with van der Waals surface area (Å²) in [6.45, 7) is 5.23. The van der Waals surface area contributed by atoms with Gasteiger partial charge in [0.1, 0.15) is 5.03 Å². The molecule has 1 N–H and O–H groups in total. The smallest absolute Gasteiger partial charge is 0.223 e. The van der Waals surface area contributed by atoms with Crippen LogP contribution in [0.15, 0.2) is 17.3 Å². The molecule has 1 aromatic heterocycles. The first kappa shape index (κ1) is 10.3. The zero-order valence-corrected chi connectivity index (χ0v) is 9.06. The summed E-state index contributed by atoms with van der Waals surface area (Å²) in [5.41, 5.74) is 0. The lowest BCUT2D eigenvalue weighted by atomic mass is 10.2. The molecule has 72 valence electrons. The highest BCUT2D eigenvalue weighted by Gasteiger charge is 1.98. The van der Waals surface area contributed by atoms with Crippen LogP contribution in [-0.4, -0.2) is 22.8 Å². The summed E-state index contributed by atoms with van der Waals surface area (Å²) in [6, 6.07) is 1.91. The van der Waals surface area contributed by atoms with Crippen LogP contribution in [0, 0.1) is 5.92 Å². The molecule has 0 atom stereocenters. The summed E-state index contributed by atoms with van der Waals surface area (Å²) in [5, 5.41) is 4.18. The fourth-order valence-electron chi connectivity index (χ4n) is 0.836. The van der Waals surface area contributed by atoms with Crippen molar-refractivity contribution in [2.75, 3.05) is 18.1 Å². The van der Waals surface area contributed by atoms with Crippen LogP contribution in [0.25, 0.3) is 0 Å². The third-order valence-corrected chi connectivity index (χ3v) is 2.15. The molecule has 0 unspecified atom stereocenters. The minimum absolute atomic E-state index is 0.613. The highest BCUT2D eigenvalue weighted by molar-refractivity contribution is 7.98. The zero-order valence-electron chi connectivity index (χ0n) is 8.24. The van der Waals surface area contributed by atoms with Gasteiger partial charge in [0.25, 0.3) is 0 Å². The van der Waals surface area contributed by atoms with Crippen LogP contribution in [0.2, 0.25) is 0 Å². The molecule has 0 saturated heterocycles. The molecular weight excluding hydrogens is 182 g/mol. The molecule has 0 spiro atoms. The van der Waals surface area contributed by atoms with Crippen molar-refractivity contribution in [1.82, 2.24) is 9.97 Å². The molecule has 0 aliphatic carbocycles. The maximum atomic E-state index is 4.30. The second kappa shape index (κ2) is 5.07. The van der Waals surface area contributed by atoms with Crippen LogP contribution in [0.4, 0.5) is 5.95 Å². The number of rotatable bonds is 4. The lowest BCUT2D eigenvalue weighted by Gasteiger charge is -2.07. The first-order chi connectivity index (χ1) is 6.22. The molecule has 0 amide bonds. The predicted molar refractivity (Wildman–Crippen MR) is 57.1 cm³/mol. The van der Waals surface area contributed by atoms with Crippen molar-refractivity contribution in [3.63, 3.8) is 0 Å². The van der Waals surface area contributed by atoms with Crippen molar-refractivity contribution < 1.29 is 0 Å². The monoisotopic (exact) mass is 197 g/mol. The summed E-state index contributed by atoms with van der Waals surface area (Å²) >= 11 is 1.63. The van der Waals surface area contributed by atoms with Gasteiger partial charge in [-0.05, 0) is 18.2 Å². The summed E-state index contributed by atoms with van der Waals surface area (Å²) in [6.07, 6.45) is 3.79. The molecule has 0 aliphatic heterocycles. The maximum absolute atomic E-state index is 4.30. The van der Waals surface area contributed by atoms with E-state index in [0.717, 1.165) is 17.5 Å². The fraction of sp³-hybridized carbons (Fsp3) is 0.556. The highest BCUT2D eigenvalue weighted by Crippen LogP contribution is 2.11. The minimum Gasteiger partial charge on any atom is -0.354 e. The Bertz CT molecular complexity index is 263. The van der Waals surface area contributed by atoms with Gasteiger partial charge in [-0.15, -0.1) is 11.8 Å². The van der Waals surface area contributed by atoms with Crippen LogP contribution in [-0.2, 0) is 0 Å². The van der Waals surface area contributed by atoms with Crippen molar-refractivity contribution >= 4 is 17.7 Å². The number of aromatic nitrogens is 2. The topological polar surface area (TPSA) is 37.8 Å². The number of hydrogen-bond donors (Lipinski definition) is 1. The molecular formula is C9H15N3S. The number of nitrogens with one attached hydrogen (secondary N) is 1. The highest BCUT2D eigenvalue weighted by atomic mass is 32.2. The Hall–Kier alpha value is -0.770. The van der Waals surface area contributed by atoms with Gasteiger partial charge in [0.2, 0.25) is 5.95 Å². The van der Waals surface area contributed by atoms with E-state index < -0.39 is 0 Å². The van der Waals surface area contributed by atoms with E-state index in [1.807, 2.05) is 12.3 Å². The zero-order chi connectivity index (χ0) is 9.68. The van der Waals surface area contributed by atoms with Gasteiger partial charge in [-0.2, -0.15) is 0 Å². The summed E-state index contributed by atoms with van der Waals surface area (Å²) in [4.78, 5) is 8.43. The van der Waals surface area contributed by atoms with Crippen molar-refractivity contribution in [1.29, 1.82) is 0 Å². The minimum atomic E-state index is 0.613. The van der Waals surface area contributed by atoms with Crippen LogP contribution < -0.4 is 5.32 Å². The molecule has 1 rings (SSSR count). The van der Waals surface area contributed by atoms with Crippen molar-refractivity contribution in [2.24, 2.45) is 5.92 Å². The molecule has 0 fully saturated rings. The number of nitrogens with zero attached hydrogens (tertiary/aromatic N) is 2. The van der Waals surface area contributed by atoms with Gasteiger partial charge in [-0.3, -0.25) is 0 Å². The number of thioether (sulfide) groups is 1. The number of hydrogen-bond acceptors (Lipinski definition) is 4. The molecule has 4 heteroatoms. The van der Waals surface area contributed by atoms with E-state index in [1.165, 1.54) is 0 Å². The average molecular weight is 197 g/mol. The third-order valence-electron chi connectivity index (χ3n) is 1.51. The van der Waals surface area contributed by atoms with Crippen molar-refractivity contribution in [2.45, 2.75) is 18.9 Å².